The predicted molar refractivity (Wildman–Crippen MR) is 84.5 cm³/mol. The number of rotatable bonds is 3. The quantitative estimate of drug-likeness (QED) is 0.561. The molecule has 0 saturated heterocycles. The van der Waals surface area contributed by atoms with E-state index in [0.717, 1.165) is 33.8 Å². The normalized spacial score (nSPS) is 12.9. The first-order chi connectivity index (χ1) is 9.69. The summed E-state index contributed by atoms with van der Waals surface area (Å²) in [5.74, 6) is 0.305. The van der Waals surface area contributed by atoms with Crippen LogP contribution in [0.25, 0.3) is 21.8 Å². The molecule has 1 atom stereocenters. The molecule has 3 rings (SSSR count). The average molecular weight is 286 g/mol. The van der Waals surface area contributed by atoms with Crippen molar-refractivity contribution in [3.05, 3.63) is 48.0 Å². The van der Waals surface area contributed by atoms with Gasteiger partial charge in [-0.2, -0.15) is 0 Å². The maximum atomic E-state index is 10.5. The van der Waals surface area contributed by atoms with E-state index in [1.807, 2.05) is 49.4 Å². The lowest BCUT2D eigenvalue weighted by Gasteiger charge is -2.11. The number of phenols is 1. The lowest BCUT2D eigenvalue weighted by molar-refractivity contribution is 0.473. The summed E-state index contributed by atoms with van der Waals surface area (Å²) in [6, 6.07) is 13.8. The molecule has 0 saturated carbocycles. The van der Waals surface area contributed by atoms with Crippen LogP contribution in [-0.2, 0) is 6.42 Å². The van der Waals surface area contributed by atoms with E-state index < -0.39 is 0 Å². The summed E-state index contributed by atoms with van der Waals surface area (Å²) in [4.78, 5) is 4.59. The van der Waals surface area contributed by atoms with Crippen molar-refractivity contribution in [2.45, 2.75) is 25.1 Å². The Morgan fingerprint density at radius 3 is 2.75 bits per heavy atom. The number of benzene rings is 2. The molecule has 1 aromatic heterocycles. The van der Waals surface area contributed by atoms with E-state index in [1.165, 1.54) is 0 Å². The summed E-state index contributed by atoms with van der Waals surface area (Å²) in [7, 11) is 0. The zero-order chi connectivity index (χ0) is 14.1. The first-order valence-corrected chi connectivity index (χ1v) is 7.27. The van der Waals surface area contributed by atoms with Gasteiger partial charge in [0.1, 0.15) is 5.75 Å². The van der Waals surface area contributed by atoms with Crippen molar-refractivity contribution in [2.24, 2.45) is 0 Å². The smallest absolute Gasteiger partial charge is 0.128 e. The molecule has 1 N–H and O–H groups in total. The van der Waals surface area contributed by atoms with Crippen molar-refractivity contribution in [1.29, 1.82) is 0 Å². The van der Waals surface area contributed by atoms with E-state index in [4.69, 9.17) is 11.6 Å². The van der Waals surface area contributed by atoms with Gasteiger partial charge in [-0.25, -0.2) is 4.98 Å². The van der Waals surface area contributed by atoms with Crippen LogP contribution in [0.3, 0.4) is 0 Å². The van der Waals surface area contributed by atoms with Gasteiger partial charge in [-0.3, -0.25) is 0 Å². The second kappa shape index (κ2) is 5.29. The number of aromatic nitrogens is 1. The maximum Gasteiger partial charge on any atom is 0.128 e. The van der Waals surface area contributed by atoms with Gasteiger partial charge in [0, 0.05) is 16.1 Å². The first kappa shape index (κ1) is 13.2. The summed E-state index contributed by atoms with van der Waals surface area (Å²) in [6.07, 6.45) is 1.56. The Kier molecular flexibility index (Phi) is 3.49. The number of hydrogen-bond donors (Lipinski definition) is 1. The second-order valence-electron chi connectivity index (χ2n) is 5.03. The minimum Gasteiger partial charge on any atom is -0.507 e. The largest absolute Gasteiger partial charge is 0.507 e. The van der Waals surface area contributed by atoms with Gasteiger partial charge in [-0.1, -0.05) is 31.2 Å². The molecule has 1 heterocycles. The van der Waals surface area contributed by atoms with Crippen LogP contribution >= 0.6 is 11.6 Å². The topological polar surface area (TPSA) is 33.1 Å². The van der Waals surface area contributed by atoms with Gasteiger partial charge < -0.3 is 5.11 Å². The Bertz CT molecular complexity index is 769. The number of halogens is 1. The summed E-state index contributed by atoms with van der Waals surface area (Å²) in [5.41, 5.74) is 2.64. The number of nitrogens with zero attached hydrogens (tertiary/aromatic N) is 1. The van der Waals surface area contributed by atoms with Gasteiger partial charge in [-0.05, 0) is 36.6 Å². The first-order valence-electron chi connectivity index (χ1n) is 6.83. The Labute approximate surface area is 123 Å². The van der Waals surface area contributed by atoms with Crippen molar-refractivity contribution in [2.75, 3.05) is 0 Å². The maximum absolute atomic E-state index is 10.5. The van der Waals surface area contributed by atoms with E-state index in [0.29, 0.717) is 12.2 Å². The summed E-state index contributed by atoms with van der Waals surface area (Å²) in [6.45, 7) is 2.05. The lowest BCUT2D eigenvalue weighted by Crippen LogP contribution is -2.01. The number of para-hydroxylation sites is 1. The van der Waals surface area contributed by atoms with Crippen molar-refractivity contribution in [1.82, 2.24) is 4.98 Å². The zero-order valence-corrected chi connectivity index (χ0v) is 12.1. The standard InChI is InChI=1S/C17H16ClNO/c1-2-13(18)9-12-7-8-16-14(17(12)20)10-11-5-3-4-6-15(11)19-16/h3-8,10,13,20H,2,9H2,1H3. The molecule has 2 nitrogen and oxygen atoms in total. The molecule has 0 radical (unpaired) electrons. The number of pyridine rings is 1. The average Bonchev–Trinajstić information content (AvgIpc) is 2.48. The molecule has 0 amide bonds. The van der Waals surface area contributed by atoms with Crippen LogP contribution in [0.15, 0.2) is 42.5 Å². The van der Waals surface area contributed by atoms with Gasteiger partial charge in [0.15, 0.2) is 0 Å². The van der Waals surface area contributed by atoms with Crippen LogP contribution in [0.5, 0.6) is 5.75 Å². The van der Waals surface area contributed by atoms with E-state index in [1.54, 1.807) is 0 Å². The van der Waals surface area contributed by atoms with Crippen LogP contribution in [0.4, 0.5) is 0 Å². The molecule has 0 fully saturated rings. The third-order valence-electron chi connectivity index (χ3n) is 3.64. The monoisotopic (exact) mass is 285 g/mol. The predicted octanol–water partition coefficient (Wildman–Crippen LogP) is 4.65. The fourth-order valence-corrected chi connectivity index (χ4v) is 2.59. The van der Waals surface area contributed by atoms with E-state index >= 15 is 0 Å². The minimum absolute atomic E-state index is 0.0479. The highest BCUT2D eigenvalue weighted by Gasteiger charge is 2.11. The number of phenolic OH excluding ortho intramolecular Hbond substituents is 1. The molecule has 0 bridgehead atoms. The van der Waals surface area contributed by atoms with Crippen LogP contribution in [-0.4, -0.2) is 15.5 Å². The highest BCUT2D eigenvalue weighted by atomic mass is 35.5. The van der Waals surface area contributed by atoms with Crippen molar-refractivity contribution in [3.8, 4) is 5.75 Å². The van der Waals surface area contributed by atoms with Crippen LogP contribution in [0.1, 0.15) is 18.9 Å². The Morgan fingerprint density at radius 1 is 1.15 bits per heavy atom. The molecule has 20 heavy (non-hydrogen) atoms. The van der Waals surface area contributed by atoms with Gasteiger partial charge in [-0.15, -0.1) is 11.6 Å². The van der Waals surface area contributed by atoms with Gasteiger partial charge >= 0.3 is 0 Å². The third-order valence-corrected chi connectivity index (χ3v) is 4.10. The Morgan fingerprint density at radius 2 is 1.95 bits per heavy atom. The SMILES string of the molecule is CCC(Cl)Cc1ccc2nc3ccccc3cc2c1O. The Hall–Kier alpha value is -1.80. The highest BCUT2D eigenvalue weighted by Crippen LogP contribution is 2.31. The van der Waals surface area contributed by atoms with E-state index in [2.05, 4.69) is 4.98 Å². The van der Waals surface area contributed by atoms with Crippen LogP contribution < -0.4 is 0 Å². The Balaban J connectivity index is 2.18. The molecular weight excluding hydrogens is 270 g/mol. The third kappa shape index (κ3) is 2.32. The summed E-state index contributed by atoms with van der Waals surface area (Å²) in [5, 5.41) is 12.3. The molecule has 102 valence electrons. The van der Waals surface area contributed by atoms with Crippen molar-refractivity contribution < 1.29 is 5.11 Å². The lowest BCUT2D eigenvalue weighted by atomic mass is 10.0. The van der Waals surface area contributed by atoms with Gasteiger partial charge in [0.25, 0.3) is 0 Å². The summed E-state index contributed by atoms with van der Waals surface area (Å²) < 4.78 is 0. The molecule has 1 unspecified atom stereocenters. The number of aromatic hydroxyl groups is 1. The highest BCUT2D eigenvalue weighted by molar-refractivity contribution is 6.20. The molecule has 0 aliphatic rings. The fourth-order valence-electron chi connectivity index (χ4n) is 2.43. The molecule has 0 spiro atoms. The molecule has 0 aliphatic carbocycles. The van der Waals surface area contributed by atoms with Gasteiger partial charge in [0.05, 0.1) is 11.0 Å². The molecule has 3 aromatic rings. The zero-order valence-electron chi connectivity index (χ0n) is 11.3. The van der Waals surface area contributed by atoms with Crippen molar-refractivity contribution in [3.63, 3.8) is 0 Å². The van der Waals surface area contributed by atoms with E-state index in [9.17, 15) is 5.11 Å². The number of alkyl halides is 1. The number of fused-ring (bicyclic) bond motifs is 2. The minimum atomic E-state index is 0.0479. The van der Waals surface area contributed by atoms with Crippen LogP contribution in [0, 0.1) is 0 Å². The fraction of sp³-hybridized carbons (Fsp3) is 0.235. The molecule has 3 heteroatoms. The van der Waals surface area contributed by atoms with E-state index in [-0.39, 0.29) is 5.38 Å². The molecule has 2 aromatic carbocycles. The van der Waals surface area contributed by atoms with Crippen molar-refractivity contribution >= 4 is 33.4 Å². The number of hydrogen-bond acceptors (Lipinski definition) is 2. The van der Waals surface area contributed by atoms with Crippen LogP contribution in [0.2, 0.25) is 0 Å². The van der Waals surface area contributed by atoms with Gasteiger partial charge in [0.2, 0.25) is 0 Å². The molecule has 0 aliphatic heterocycles. The second-order valence-corrected chi connectivity index (χ2v) is 5.65. The molecular formula is C17H16ClNO. The summed E-state index contributed by atoms with van der Waals surface area (Å²) >= 11 is 6.19.